The summed E-state index contributed by atoms with van der Waals surface area (Å²) in [4.78, 5) is 7.52. The monoisotopic (exact) mass is 272 g/mol. The van der Waals surface area contributed by atoms with Gasteiger partial charge in [-0.2, -0.15) is 0 Å². The first-order valence-corrected chi connectivity index (χ1v) is 6.35. The first kappa shape index (κ1) is 12.1. The molecule has 0 spiro atoms. The molecule has 0 unspecified atom stereocenters. The number of aromatic nitrogens is 2. The SMILES string of the molecule is COc1ccccc1-c1[nH]c2cc(Cl)ncc2c1C. The number of ether oxygens (including phenoxy) is 1. The second-order valence-corrected chi connectivity index (χ2v) is 4.77. The number of rotatable bonds is 2. The third-order valence-corrected chi connectivity index (χ3v) is 3.49. The molecule has 96 valence electrons. The lowest BCUT2D eigenvalue weighted by molar-refractivity contribution is 0.416. The molecule has 0 saturated heterocycles. The van der Waals surface area contributed by atoms with Crippen LogP contribution in [0.1, 0.15) is 5.56 Å². The number of H-pyrrole nitrogens is 1. The number of methoxy groups -OCH3 is 1. The number of nitrogens with one attached hydrogen (secondary N) is 1. The van der Waals surface area contributed by atoms with Gasteiger partial charge in [-0.1, -0.05) is 23.7 Å². The van der Waals surface area contributed by atoms with Crippen LogP contribution in [-0.4, -0.2) is 17.1 Å². The third-order valence-electron chi connectivity index (χ3n) is 3.29. The number of para-hydroxylation sites is 1. The summed E-state index contributed by atoms with van der Waals surface area (Å²) < 4.78 is 5.41. The molecule has 2 aromatic heterocycles. The molecule has 0 fully saturated rings. The molecule has 3 rings (SSSR count). The molecule has 19 heavy (non-hydrogen) atoms. The highest BCUT2D eigenvalue weighted by Gasteiger charge is 2.13. The fourth-order valence-corrected chi connectivity index (χ4v) is 2.47. The van der Waals surface area contributed by atoms with Gasteiger partial charge in [-0.15, -0.1) is 0 Å². The molecule has 0 bridgehead atoms. The minimum atomic E-state index is 0.486. The minimum Gasteiger partial charge on any atom is -0.496 e. The molecule has 0 aliphatic carbocycles. The van der Waals surface area contributed by atoms with Gasteiger partial charge >= 0.3 is 0 Å². The summed E-state index contributed by atoms with van der Waals surface area (Å²) in [6, 6.07) is 9.77. The number of halogens is 1. The van der Waals surface area contributed by atoms with E-state index in [2.05, 4.69) is 16.9 Å². The molecule has 3 aromatic rings. The van der Waals surface area contributed by atoms with Gasteiger partial charge in [0.15, 0.2) is 0 Å². The van der Waals surface area contributed by atoms with Crippen LogP contribution in [0, 0.1) is 6.92 Å². The van der Waals surface area contributed by atoms with Crippen molar-refractivity contribution in [3.05, 3.63) is 47.2 Å². The van der Waals surface area contributed by atoms with Gasteiger partial charge in [0, 0.05) is 17.1 Å². The maximum atomic E-state index is 5.93. The Morgan fingerprint density at radius 2 is 2.05 bits per heavy atom. The van der Waals surface area contributed by atoms with E-state index in [9.17, 15) is 0 Å². The number of aryl methyl sites for hydroxylation is 1. The maximum Gasteiger partial charge on any atom is 0.131 e. The van der Waals surface area contributed by atoms with Crippen molar-refractivity contribution >= 4 is 22.5 Å². The second kappa shape index (κ2) is 4.59. The summed E-state index contributed by atoms with van der Waals surface area (Å²) in [5.41, 5.74) is 4.20. The fraction of sp³-hybridized carbons (Fsp3) is 0.133. The van der Waals surface area contributed by atoms with Gasteiger partial charge in [0.2, 0.25) is 0 Å². The highest BCUT2D eigenvalue weighted by molar-refractivity contribution is 6.30. The first-order chi connectivity index (χ1) is 9.20. The summed E-state index contributed by atoms with van der Waals surface area (Å²) >= 11 is 5.93. The van der Waals surface area contributed by atoms with Crippen LogP contribution in [0.5, 0.6) is 5.75 Å². The zero-order valence-electron chi connectivity index (χ0n) is 10.7. The summed E-state index contributed by atoms with van der Waals surface area (Å²) in [5.74, 6) is 0.844. The smallest absolute Gasteiger partial charge is 0.131 e. The van der Waals surface area contributed by atoms with E-state index >= 15 is 0 Å². The van der Waals surface area contributed by atoms with Crippen LogP contribution in [0.15, 0.2) is 36.5 Å². The molecule has 3 nitrogen and oxygen atoms in total. The Morgan fingerprint density at radius 3 is 2.84 bits per heavy atom. The Hall–Kier alpha value is -2.00. The van der Waals surface area contributed by atoms with E-state index in [1.165, 1.54) is 0 Å². The van der Waals surface area contributed by atoms with Crippen molar-refractivity contribution in [2.24, 2.45) is 0 Å². The van der Waals surface area contributed by atoms with Crippen molar-refractivity contribution in [2.75, 3.05) is 7.11 Å². The second-order valence-electron chi connectivity index (χ2n) is 4.38. The summed E-state index contributed by atoms with van der Waals surface area (Å²) in [6.07, 6.45) is 1.79. The maximum absolute atomic E-state index is 5.93. The van der Waals surface area contributed by atoms with Crippen LogP contribution < -0.4 is 4.74 Å². The summed E-state index contributed by atoms with van der Waals surface area (Å²) in [6.45, 7) is 2.07. The van der Waals surface area contributed by atoms with Gasteiger partial charge < -0.3 is 9.72 Å². The van der Waals surface area contributed by atoms with Gasteiger partial charge in [-0.3, -0.25) is 0 Å². The Kier molecular flexibility index (Phi) is 2.91. The zero-order chi connectivity index (χ0) is 13.4. The predicted octanol–water partition coefficient (Wildman–Crippen LogP) is 4.20. The minimum absolute atomic E-state index is 0.486. The topological polar surface area (TPSA) is 37.9 Å². The van der Waals surface area contributed by atoms with Crippen molar-refractivity contribution in [3.63, 3.8) is 0 Å². The van der Waals surface area contributed by atoms with E-state index in [1.807, 2.05) is 30.3 Å². The number of pyridine rings is 1. The van der Waals surface area contributed by atoms with E-state index in [4.69, 9.17) is 16.3 Å². The molecule has 0 saturated carbocycles. The van der Waals surface area contributed by atoms with Crippen molar-refractivity contribution in [1.82, 2.24) is 9.97 Å². The standard InChI is InChI=1S/C15H13ClN2O/c1-9-11-8-17-14(16)7-12(11)18-15(9)10-5-3-4-6-13(10)19-2/h3-8,18H,1-2H3. The molecular formula is C15H13ClN2O. The van der Waals surface area contributed by atoms with Crippen LogP contribution in [0.3, 0.4) is 0 Å². The van der Waals surface area contributed by atoms with Crippen LogP contribution in [-0.2, 0) is 0 Å². The van der Waals surface area contributed by atoms with Crippen molar-refractivity contribution < 1.29 is 4.74 Å². The van der Waals surface area contributed by atoms with E-state index < -0.39 is 0 Å². The predicted molar refractivity (Wildman–Crippen MR) is 77.8 cm³/mol. The van der Waals surface area contributed by atoms with Crippen molar-refractivity contribution in [3.8, 4) is 17.0 Å². The zero-order valence-corrected chi connectivity index (χ0v) is 11.5. The lowest BCUT2D eigenvalue weighted by atomic mass is 10.1. The molecule has 0 atom stereocenters. The highest BCUT2D eigenvalue weighted by Crippen LogP contribution is 2.35. The number of hydrogen-bond acceptors (Lipinski definition) is 2. The quantitative estimate of drug-likeness (QED) is 0.710. The lowest BCUT2D eigenvalue weighted by Gasteiger charge is -2.07. The van der Waals surface area contributed by atoms with Crippen LogP contribution in [0.25, 0.3) is 22.2 Å². The number of fused-ring (bicyclic) bond motifs is 1. The Labute approximate surface area is 116 Å². The molecule has 0 aliphatic heterocycles. The Morgan fingerprint density at radius 1 is 1.26 bits per heavy atom. The first-order valence-electron chi connectivity index (χ1n) is 5.98. The average molecular weight is 273 g/mol. The molecule has 2 heterocycles. The molecule has 0 amide bonds. The molecule has 0 radical (unpaired) electrons. The van der Waals surface area contributed by atoms with Crippen molar-refractivity contribution in [2.45, 2.75) is 6.92 Å². The fourth-order valence-electron chi connectivity index (χ4n) is 2.32. The normalized spacial score (nSPS) is 10.9. The van der Waals surface area contributed by atoms with E-state index in [-0.39, 0.29) is 0 Å². The molecule has 0 aliphatic rings. The van der Waals surface area contributed by atoms with Crippen LogP contribution >= 0.6 is 11.6 Å². The van der Waals surface area contributed by atoms with Gasteiger partial charge in [0.25, 0.3) is 0 Å². The van der Waals surface area contributed by atoms with Gasteiger partial charge in [0.05, 0.1) is 18.3 Å². The Balaban J connectivity index is 2.28. The number of benzene rings is 1. The summed E-state index contributed by atoms with van der Waals surface area (Å²) in [5, 5.41) is 1.56. The van der Waals surface area contributed by atoms with Crippen LogP contribution in [0.4, 0.5) is 0 Å². The van der Waals surface area contributed by atoms with Gasteiger partial charge in [-0.05, 0) is 30.7 Å². The third kappa shape index (κ3) is 1.96. The number of hydrogen-bond donors (Lipinski definition) is 1. The highest BCUT2D eigenvalue weighted by atomic mass is 35.5. The molecule has 1 N–H and O–H groups in total. The van der Waals surface area contributed by atoms with Gasteiger partial charge in [0.1, 0.15) is 10.9 Å². The number of aromatic amines is 1. The van der Waals surface area contributed by atoms with Crippen LogP contribution in [0.2, 0.25) is 5.15 Å². The average Bonchev–Trinajstić information content (AvgIpc) is 2.75. The summed E-state index contributed by atoms with van der Waals surface area (Å²) in [7, 11) is 1.68. The van der Waals surface area contributed by atoms with E-state index in [1.54, 1.807) is 13.3 Å². The van der Waals surface area contributed by atoms with E-state index in [0.717, 1.165) is 33.5 Å². The Bertz CT molecular complexity index is 749. The lowest BCUT2D eigenvalue weighted by Crippen LogP contribution is -1.88. The van der Waals surface area contributed by atoms with E-state index in [0.29, 0.717) is 5.15 Å². The van der Waals surface area contributed by atoms with Crippen molar-refractivity contribution in [1.29, 1.82) is 0 Å². The molecule has 1 aromatic carbocycles. The van der Waals surface area contributed by atoms with Gasteiger partial charge in [-0.25, -0.2) is 4.98 Å². The molecule has 4 heteroatoms. The number of nitrogens with zero attached hydrogens (tertiary/aromatic N) is 1. The molecular weight excluding hydrogens is 260 g/mol. The largest absolute Gasteiger partial charge is 0.496 e.